The highest BCUT2D eigenvalue weighted by Gasteiger charge is 2.47. The van der Waals surface area contributed by atoms with Crippen LogP contribution < -0.4 is 0 Å². The predicted octanol–water partition coefficient (Wildman–Crippen LogP) is 1.61. The van der Waals surface area contributed by atoms with Gasteiger partial charge in [0.15, 0.2) is 0 Å². The summed E-state index contributed by atoms with van der Waals surface area (Å²) < 4.78 is 0. The van der Waals surface area contributed by atoms with Gasteiger partial charge in [-0.3, -0.25) is 4.79 Å². The van der Waals surface area contributed by atoms with E-state index in [1.165, 1.54) is 10.4 Å². The van der Waals surface area contributed by atoms with Crippen LogP contribution in [0.4, 0.5) is 0 Å². The second-order valence-corrected chi connectivity index (χ2v) is 7.19. The Morgan fingerprint density at radius 3 is 2.65 bits per heavy atom. The van der Waals surface area contributed by atoms with Gasteiger partial charge in [0.05, 0.1) is 13.2 Å². The Morgan fingerprint density at radius 2 is 2.15 bits per heavy atom. The lowest BCUT2D eigenvalue weighted by molar-refractivity contribution is -0.133. The summed E-state index contributed by atoms with van der Waals surface area (Å²) in [6, 6.07) is 2.10. The van der Waals surface area contributed by atoms with Crippen molar-refractivity contribution in [1.29, 1.82) is 0 Å². The molecule has 1 heterocycles. The van der Waals surface area contributed by atoms with Gasteiger partial charge in [0, 0.05) is 35.7 Å². The van der Waals surface area contributed by atoms with Crippen molar-refractivity contribution in [3.05, 3.63) is 21.9 Å². The lowest BCUT2D eigenvalue weighted by atomic mass is 9.92. The van der Waals surface area contributed by atoms with E-state index in [-0.39, 0.29) is 25.0 Å². The van der Waals surface area contributed by atoms with E-state index in [9.17, 15) is 15.0 Å². The van der Waals surface area contributed by atoms with Crippen molar-refractivity contribution in [3.8, 4) is 0 Å². The predicted molar refractivity (Wildman–Crippen MR) is 79.8 cm³/mol. The number of amides is 1. The van der Waals surface area contributed by atoms with Gasteiger partial charge in [-0.2, -0.15) is 0 Å². The van der Waals surface area contributed by atoms with E-state index >= 15 is 0 Å². The fourth-order valence-electron chi connectivity index (χ4n) is 2.61. The van der Waals surface area contributed by atoms with Crippen LogP contribution in [0.2, 0.25) is 0 Å². The molecule has 5 heteroatoms. The lowest BCUT2D eigenvalue weighted by Gasteiger charge is -2.30. The second kappa shape index (κ2) is 5.84. The fraction of sp³-hybridized carbons (Fsp3) is 0.667. The van der Waals surface area contributed by atoms with Gasteiger partial charge < -0.3 is 15.1 Å². The van der Waals surface area contributed by atoms with Gasteiger partial charge in [0.1, 0.15) is 0 Å². The van der Waals surface area contributed by atoms with Crippen LogP contribution in [0.25, 0.3) is 0 Å². The minimum atomic E-state index is -0.631. The number of rotatable bonds is 6. The van der Waals surface area contributed by atoms with Crippen molar-refractivity contribution in [2.45, 2.75) is 26.2 Å². The standard InChI is InChI=1S/C15H23NO3S/c1-10-4-5-20-13(10)11-6-12(11)14(19)16(3)7-15(2,8-17)9-18/h4-5,11-12,17-18H,6-9H2,1-3H3. The normalized spacial score (nSPS) is 21.9. The molecular formula is C15H23NO3S. The lowest BCUT2D eigenvalue weighted by Crippen LogP contribution is -2.42. The van der Waals surface area contributed by atoms with Crippen LogP contribution in [-0.2, 0) is 4.79 Å². The minimum Gasteiger partial charge on any atom is -0.396 e. The molecule has 2 N–H and O–H groups in total. The molecule has 1 aliphatic carbocycles. The van der Waals surface area contributed by atoms with E-state index in [1.54, 1.807) is 30.2 Å². The van der Waals surface area contributed by atoms with Crippen LogP contribution in [-0.4, -0.2) is 47.8 Å². The molecule has 1 fully saturated rings. The zero-order valence-electron chi connectivity index (χ0n) is 12.3. The second-order valence-electron chi connectivity index (χ2n) is 6.24. The molecule has 0 aromatic carbocycles. The number of nitrogens with zero attached hydrogens (tertiary/aromatic N) is 1. The maximum absolute atomic E-state index is 12.4. The summed E-state index contributed by atoms with van der Waals surface area (Å²) in [6.07, 6.45) is 0.916. The van der Waals surface area contributed by atoms with E-state index < -0.39 is 5.41 Å². The third kappa shape index (κ3) is 3.05. The Hall–Kier alpha value is -0.910. The summed E-state index contributed by atoms with van der Waals surface area (Å²) in [5, 5.41) is 20.7. The molecule has 2 rings (SSSR count). The minimum absolute atomic E-state index is 0.0685. The van der Waals surface area contributed by atoms with Crippen LogP contribution in [0.3, 0.4) is 0 Å². The Morgan fingerprint density at radius 1 is 1.50 bits per heavy atom. The van der Waals surface area contributed by atoms with Crippen molar-refractivity contribution in [3.63, 3.8) is 0 Å². The molecule has 2 atom stereocenters. The number of aliphatic hydroxyl groups is 2. The van der Waals surface area contributed by atoms with Gasteiger partial charge in [-0.15, -0.1) is 11.3 Å². The molecule has 4 nitrogen and oxygen atoms in total. The van der Waals surface area contributed by atoms with E-state index in [1.807, 2.05) is 0 Å². The van der Waals surface area contributed by atoms with Gasteiger partial charge in [0.25, 0.3) is 0 Å². The average molecular weight is 297 g/mol. The molecule has 112 valence electrons. The molecule has 0 aliphatic heterocycles. The molecule has 1 amide bonds. The zero-order valence-corrected chi connectivity index (χ0v) is 13.1. The van der Waals surface area contributed by atoms with Crippen LogP contribution in [0.15, 0.2) is 11.4 Å². The van der Waals surface area contributed by atoms with Crippen molar-refractivity contribution in [2.24, 2.45) is 11.3 Å². The number of hydrogen-bond donors (Lipinski definition) is 2. The van der Waals surface area contributed by atoms with Gasteiger partial charge in [0.2, 0.25) is 5.91 Å². The van der Waals surface area contributed by atoms with Crippen LogP contribution >= 0.6 is 11.3 Å². The number of carbonyl (C=O) groups is 1. The molecule has 1 saturated carbocycles. The first-order valence-corrected chi connectivity index (χ1v) is 7.80. The van der Waals surface area contributed by atoms with Gasteiger partial charge in [-0.05, 0) is 30.4 Å². The van der Waals surface area contributed by atoms with E-state index in [2.05, 4.69) is 18.4 Å². The monoisotopic (exact) mass is 297 g/mol. The topological polar surface area (TPSA) is 60.8 Å². The molecule has 0 bridgehead atoms. The first-order chi connectivity index (χ1) is 9.41. The van der Waals surface area contributed by atoms with Crippen molar-refractivity contribution < 1.29 is 15.0 Å². The highest BCUT2D eigenvalue weighted by atomic mass is 32.1. The van der Waals surface area contributed by atoms with E-state index in [0.29, 0.717) is 12.5 Å². The average Bonchev–Trinajstić information content (AvgIpc) is 3.12. The number of thiophene rings is 1. The first-order valence-electron chi connectivity index (χ1n) is 6.92. The third-order valence-corrected chi connectivity index (χ3v) is 5.26. The Balaban J connectivity index is 1.95. The summed E-state index contributed by atoms with van der Waals surface area (Å²) in [4.78, 5) is 15.4. The van der Waals surface area contributed by atoms with Gasteiger partial charge in [-0.25, -0.2) is 0 Å². The molecular weight excluding hydrogens is 274 g/mol. The highest BCUT2D eigenvalue weighted by molar-refractivity contribution is 7.10. The Kier molecular flexibility index (Phi) is 4.52. The first kappa shape index (κ1) is 15.5. The number of aryl methyl sites for hydroxylation is 1. The molecule has 2 unspecified atom stereocenters. The molecule has 1 aromatic heterocycles. The SMILES string of the molecule is Cc1ccsc1C1CC1C(=O)N(C)CC(C)(CO)CO. The number of carbonyl (C=O) groups excluding carboxylic acids is 1. The summed E-state index contributed by atoms with van der Waals surface area (Å²) >= 11 is 1.72. The van der Waals surface area contributed by atoms with Crippen molar-refractivity contribution in [2.75, 3.05) is 26.8 Å². The fourth-order valence-corrected chi connectivity index (χ4v) is 3.71. The summed E-state index contributed by atoms with van der Waals surface area (Å²) in [7, 11) is 1.75. The summed E-state index contributed by atoms with van der Waals surface area (Å²) in [5.74, 6) is 0.550. The summed E-state index contributed by atoms with van der Waals surface area (Å²) in [6.45, 7) is 4.00. The van der Waals surface area contributed by atoms with Gasteiger partial charge >= 0.3 is 0 Å². The molecule has 1 aromatic rings. The zero-order chi connectivity index (χ0) is 14.9. The van der Waals surface area contributed by atoms with Crippen molar-refractivity contribution >= 4 is 17.2 Å². The van der Waals surface area contributed by atoms with Crippen LogP contribution in [0.1, 0.15) is 29.7 Å². The maximum Gasteiger partial charge on any atom is 0.226 e. The van der Waals surface area contributed by atoms with E-state index in [4.69, 9.17) is 0 Å². The van der Waals surface area contributed by atoms with Crippen LogP contribution in [0.5, 0.6) is 0 Å². The quantitative estimate of drug-likeness (QED) is 0.838. The molecule has 0 spiro atoms. The molecule has 0 radical (unpaired) electrons. The Labute approximate surface area is 124 Å². The molecule has 0 saturated heterocycles. The summed E-state index contributed by atoms with van der Waals surface area (Å²) in [5.41, 5.74) is 0.640. The number of aliphatic hydroxyl groups excluding tert-OH is 2. The maximum atomic E-state index is 12.4. The largest absolute Gasteiger partial charge is 0.396 e. The third-order valence-electron chi connectivity index (χ3n) is 4.10. The Bertz CT molecular complexity index is 481. The molecule has 20 heavy (non-hydrogen) atoms. The smallest absolute Gasteiger partial charge is 0.226 e. The van der Waals surface area contributed by atoms with Crippen LogP contribution in [0, 0.1) is 18.3 Å². The highest BCUT2D eigenvalue weighted by Crippen LogP contribution is 2.51. The van der Waals surface area contributed by atoms with Gasteiger partial charge in [-0.1, -0.05) is 6.92 Å². The van der Waals surface area contributed by atoms with E-state index in [0.717, 1.165) is 6.42 Å². The van der Waals surface area contributed by atoms with Crippen molar-refractivity contribution in [1.82, 2.24) is 4.90 Å². The molecule has 1 aliphatic rings. The number of hydrogen-bond acceptors (Lipinski definition) is 4.